The third-order valence-corrected chi connectivity index (χ3v) is 2.91. The molecule has 0 aliphatic heterocycles. The van der Waals surface area contributed by atoms with Crippen molar-refractivity contribution in [3.8, 4) is 11.5 Å². The predicted molar refractivity (Wildman–Crippen MR) is 78.1 cm³/mol. The van der Waals surface area contributed by atoms with E-state index in [9.17, 15) is 19.7 Å². The van der Waals surface area contributed by atoms with E-state index in [1.165, 1.54) is 37.3 Å². The summed E-state index contributed by atoms with van der Waals surface area (Å²) in [6.07, 6.45) is 0. The molecule has 0 aliphatic carbocycles. The summed E-state index contributed by atoms with van der Waals surface area (Å²) >= 11 is 0. The molecule has 0 bridgehead atoms. The molecule has 2 rings (SSSR count). The second-order valence-electron chi connectivity index (χ2n) is 4.49. The maximum atomic E-state index is 11.3. The minimum absolute atomic E-state index is 0.0309. The lowest BCUT2D eigenvalue weighted by Gasteiger charge is -2.08. The van der Waals surface area contributed by atoms with Crippen LogP contribution in [0.5, 0.6) is 11.5 Å². The molecule has 0 aliphatic rings. The highest BCUT2D eigenvalue weighted by Crippen LogP contribution is 2.32. The monoisotopic (exact) mass is 300 g/mol. The van der Waals surface area contributed by atoms with Gasteiger partial charge in [0.25, 0.3) is 0 Å². The summed E-state index contributed by atoms with van der Waals surface area (Å²) in [4.78, 5) is 32.9. The van der Waals surface area contributed by atoms with Gasteiger partial charge in [-0.05, 0) is 37.3 Å². The number of carbonyl (C=O) groups excluding carboxylic acids is 2. The van der Waals surface area contributed by atoms with Crippen LogP contribution < -0.4 is 10.5 Å². The van der Waals surface area contributed by atoms with Gasteiger partial charge in [-0.25, -0.2) is 0 Å². The molecular formula is C15H12N2O5. The summed E-state index contributed by atoms with van der Waals surface area (Å²) in [5, 5.41) is 11.1. The average Bonchev–Trinajstić information content (AvgIpc) is 2.47. The van der Waals surface area contributed by atoms with E-state index < -0.39 is 10.8 Å². The Morgan fingerprint density at radius 3 is 2.45 bits per heavy atom. The number of benzene rings is 2. The number of Topliss-reactive ketones (excluding diaryl/α,β-unsaturated/α-hetero) is 1. The molecule has 0 saturated heterocycles. The van der Waals surface area contributed by atoms with Crippen molar-refractivity contribution in [2.45, 2.75) is 6.92 Å². The Hall–Kier alpha value is -3.22. The number of nitrogens with two attached hydrogens (primary N) is 1. The maximum absolute atomic E-state index is 11.3. The third kappa shape index (κ3) is 3.26. The van der Waals surface area contributed by atoms with Gasteiger partial charge in [0, 0.05) is 17.2 Å². The molecule has 22 heavy (non-hydrogen) atoms. The van der Waals surface area contributed by atoms with Crippen LogP contribution in [0.1, 0.15) is 27.6 Å². The lowest BCUT2D eigenvalue weighted by atomic mass is 10.1. The average molecular weight is 300 g/mol. The number of ether oxygens (including phenoxy) is 1. The van der Waals surface area contributed by atoms with Gasteiger partial charge in [0.2, 0.25) is 11.7 Å². The van der Waals surface area contributed by atoms with Crippen LogP contribution in [0.15, 0.2) is 42.5 Å². The minimum Gasteiger partial charge on any atom is -0.450 e. The van der Waals surface area contributed by atoms with Gasteiger partial charge in [0.1, 0.15) is 5.75 Å². The smallest absolute Gasteiger partial charge is 0.312 e. The van der Waals surface area contributed by atoms with E-state index in [-0.39, 0.29) is 34.1 Å². The van der Waals surface area contributed by atoms with Crippen molar-refractivity contribution >= 4 is 17.4 Å². The molecule has 0 spiro atoms. The van der Waals surface area contributed by atoms with Gasteiger partial charge in [0.05, 0.1) is 4.92 Å². The Kier molecular flexibility index (Phi) is 4.17. The summed E-state index contributed by atoms with van der Waals surface area (Å²) in [6, 6.07) is 9.89. The van der Waals surface area contributed by atoms with Crippen LogP contribution in [0, 0.1) is 10.1 Å². The number of hydrogen-bond acceptors (Lipinski definition) is 5. The van der Waals surface area contributed by atoms with E-state index >= 15 is 0 Å². The molecule has 0 atom stereocenters. The number of nitro benzene ring substituents is 1. The van der Waals surface area contributed by atoms with Crippen molar-refractivity contribution in [2.75, 3.05) is 0 Å². The maximum Gasteiger partial charge on any atom is 0.312 e. The number of nitrogens with zero attached hydrogens (tertiary/aromatic N) is 1. The molecule has 112 valence electrons. The van der Waals surface area contributed by atoms with Crippen LogP contribution in [0.4, 0.5) is 5.69 Å². The second-order valence-corrected chi connectivity index (χ2v) is 4.49. The molecule has 0 saturated carbocycles. The van der Waals surface area contributed by atoms with Crippen molar-refractivity contribution in [2.24, 2.45) is 5.73 Å². The number of ketones is 1. The highest BCUT2D eigenvalue weighted by atomic mass is 16.6. The standard InChI is InChI=1S/C15H12N2O5/c1-9(18)10-5-6-14(13(8-10)17(20)21)22-12-4-2-3-11(7-12)15(16)19/h2-8H,1H3,(H2,16,19). The van der Waals surface area contributed by atoms with Crippen LogP contribution >= 0.6 is 0 Å². The number of hydrogen-bond donors (Lipinski definition) is 1. The summed E-state index contributed by atoms with van der Waals surface area (Å²) in [6.45, 7) is 1.32. The van der Waals surface area contributed by atoms with Crippen LogP contribution in [-0.2, 0) is 0 Å². The fourth-order valence-electron chi connectivity index (χ4n) is 1.81. The largest absolute Gasteiger partial charge is 0.450 e. The van der Waals surface area contributed by atoms with E-state index in [2.05, 4.69) is 0 Å². The van der Waals surface area contributed by atoms with Crippen LogP contribution in [0.3, 0.4) is 0 Å². The van der Waals surface area contributed by atoms with Gasteiger partial charge in [-0.15, -0.1) is 0 Å². The first-order valence-electron chi connectivity index (χ1n) is 6.25. The SMILES string of the molecule is CC(=O)c1ccc(Oc2cccc(C(N)=O)c2)c([N+](=O)[O-])c1. The third-order valence-electron chi connectivity index (χ3n) is 2.91. The Morgan fingerprint density at radius 1 is 1.14 bits per heavy atom. The van der Waals surface area contributed by atoms with Crippen molar-refractivity contribution < 1.29 is 19.2 Å². The number of carbonyl (C=O) groups is 2. The van der Waals surface area contributed by atoms with Crippen molar-refractivity contribution in [1.82, 2.24) is 0 Å². The lowest BCUT2D eigenvalue weighted by Crippen LogP contribution is -2.10. The van der Waals surface area contributed by atoms with Gasteiger partial charge in [-0.3, -0.25) is 19.7 Å². The Morgan fingerprint density at radius 2 is 1.86 bits per heavy atom. The quantitative estimate of drug-likeness (QED) is 0.518. The van der Waals surface area contributed by atoms with Gasteiger partial charge in [-0.1, -0.05) is 6.07 Å². The number of rotatable bonds is 5. The van der Waals surface area contributed by atoms with Crippen LogP contribution in [-0.4, -0.2) is 16.6 Å². The molecule has 2 aromatic rings. The first kappa shape index (κ1) is 15.2. The fraction of sp³-hybridized carbons (Fsp3) is 0.0667. The summed E-state index contributed by atoms with van der Waals surface area (Å²) in [7, 11) is 0. The zero-order chi connectivity index (χ0) is 16.3. The second kappa shape index (κ2) is 6.04. The number of amides is 1. The highest BCUT2D eigenvalue weighted by molar-refractivity contribution is 5.95. The Bertz CT molecular complexity index is 770. The van der Waals surface area contributed by atoms with Crippen LogP contribution in [0.2, 0.25) is 0 Å². The predicted octanol–water partition coefficient (Wildman–Crippen LogP) is 2.69. The van der Waals surface area contributed by atoms with Crippen LogP contribution in [0.25, 0.3) is 0 Å². The molecule has 1 amide bonds. The molecule has 0 radical (unpaired) electrons. The zero-order valence-electron chi connectivity index (χ0n) is 11.6. The van der Waals surface area contributed by atoms with Gasteiger partial charge in [0.15, 0.2) is 5.78 Å². The van der Waals surface area contributed by atoms with E-state index in [1.54, 1.807) is 6.07 Å². The topological polar surface area (TPSA) is 113 Å². The van der Waals surface area contributed by atoms with Gasteiger partial charge >= 0.3 is 5.69 Å². The summed E-state index contributed by atoms with van der Waals surface area (Å²) in [5.74, 6) is -0.719. The van der Waals surface area contributed by atoms with Crippen molar-refractivity contribution in [1.29, 1.82) is 0 Å². The lowest BCUT2D eigenvalue weighted by molar-refractivity contribution is -0.385. The summed E-state index contributed by atoms with van der Waals surface area (Å²) < 4.78 is 5.44. The minimum atomic E-state index is -0.639. The zero-order valence-corrected chi connectivity index (χ0v) is 11.6. The molecule has 7 heteroatoms. The molecule has 0 heterocycles. The normalized spacial score (nSPS) is 10.0. The molecule has 2 N–H and O–H groups in total. The molecule has 7 nitrogen and oxygen atoms in total. The number of primary amides is 1. The van der Waals surface area contributed by atoms with E-state index in [1.807, 2.05) is 0 Å². The summed E-state index contributed by atoms with van der Waals surface area (Å²) in [5.41, 5.74) is 5.27. The van der Waals surface area contributed by atoms with E-state index in [0.717, 1.165) is 6.07 Å². The molecular weight excluding hydrogens is 288 g/mol. The van der Waals surface area contributed by atoms with Crippen molar-refractivity contribution in [3.05, 3.63) is 63.7 Å². The fourth-order valence-corrected chi connectivity index (χ4v) is 1.81. The van der Waals surface area contributed by atoms with Gasteiger partial charge < -0.3 is 10.5 Å². The highest BCUT2D eigenvalue weighted by Gasteiger charge is 2.18. The molecule has 0 fully saturated rings. The Labute approximate surface area is 125 Å². The first-order valence-corrected chi connectivity index (χ1v) is 6.25. The van der Waals surface area contributed by atoms with Gasteiger partial charge in [-0.2, -0.15) is 0 Å². The molecule has 2 aromatic carbocycles. The molecule has 0 unspecified atom stereocenters. The van der Waals surface area contributed by atoms with E-state index in [0.29, 0.717) is 0 Å². The Balaban J connectivity index is 2.41. The molecule has 0 aromatic heterocycles. The first-order chi connectivity index (χ1) is 10.4. The van der Waals surface area contributed by atoms with E-state index in [4.69, 9.17) is 10.5 Å². The number of nitro groups is 1. The van der Waals surface area contributed by atoms with Crippen molar-refractivity contribution in [3.63, 3.8) is 0 Å².